The minimum absolute atomic E-state index is 0.112. The molecule has 2 heteroatoms. The van der Waals surface area contributed by atoms with Gasteiger partial charge in [-0.2, -0.15) is 0 Å². The first-order valence-electron chi connectivity index (χ1n) is 8.91. The number of carboxylic acid groups (broad SMARTS) is 1. The Kier molecular flexibility index (Phi) is 11.9. The molecule has 2 atom stereocenters. The summed E-state index contributed by atoms with van der Waals surface area (Å²) in [4.78, 5) is 10.7. The van der Waals surface area contributed by atoms with Crippen LogP contribution in [0.15, 0.2) is 23.3 Å². The average Bonchev–Trinajstić information content (AvgIpc) is 2.36. The maximum absolute atomic E-state index is 10.7. The number of carboxylic acids is 1. The molecule has 0 saturated heterocycles. The molecule has 0 fully saturated rings. The number of aliphatic carboxylic acids is 1. The van der Waals surface area contributed by atoms with Crippen LogP contribution in [0.3, 0.4) is 0 Å². The van der Waals surface area contributed by atoms with Crippen LogP contribution in [0.4, 0.5) is 0 Å². The van der Waals surface area contributed by atoms with Gasteiger partial charge in [-0.3, -0.25) is 4.79 Å². The molecule has 2 nitrogen and oxygen atoms in total. The van der Waals surface area contributed by atoms with Gasteiger partial charge in [-0.25, -0.2) is 0 Å². The summed E-state index contributed by atoms with van der Waals surface area (Å²) in [5.41, 5.74) is 2.68. The van der Waals surface area contributed by atoms with Gasteiger partial charge in [0.1, 0.15) is 0 Å². The third kappa shape index (κ3) is 12.7. The van der Waals surface area contributed by atoms with Crippen molar-refractivity contribution in [3.05, 3.63) is 23.3 Å². The Labute approximate surface area is 137 Å². The Morgan fingerprint density at radius 2 is 1.50 bits per heavy atom. The van der Waals surface area contributed by atoms with Gasteiger partial charge in [0.05, 0.1) is 6.42 Å². The average molecular weight is 309 g/mol. The number of rotatable bonds is 12. The third-order valence-electron chi connectivity index (χ3n) is 3.96. The summed E-state index contributed by atoms with van der Waals surface area (Å²) in [6.07, 6.45) is 13.7. The number of hydrogen-bond acceptors (Lipinski definition) is 1. The van der Waals surface area contributed by atoms with Gasteiger partial charge in [0.25, 0.3) is 0 Å². The van der Waals surface area contributed by atoms with Crippen LogP contribution in [0.2, 0.25) is 0 Å². The lowest BCUT2D eigenvalue weighted by Gasteiger charge is -2.10. The van der Waals surface area contributed by atoms with Crippen molar-refractivity contribution in [1.82, 2.24) is 0 Å². The van der Waals surface area contributed by atoms with Crippen LogP contribution in [0.25, 0.3) is 0 Å². The summed E-state index contributed by atoms with van der Waals surface area (Å²) < 4.78 is 0. The van der Waals surface area contributed by atoms with Gasteiger partial charge in [-0.1, -0.05) is 76.2 Å². The molecule has 0 aliphatic heterocycles. The standard InChI is InChI=1S/C20H36O2/c1-6-7-8-9-10-11-16(2)12-17(3)13-18(4)14-19(5)15-20(21)22/h12,14,16,19H,6-11,13,15H2,1-5H3,(H,21,22)/b17-12-,18-14+/t16-,19-/m1/s1. The summed E-state index contributed by atoms with van der Waals surface area (Å²) in [5.74, 6) is 0.0349. The lowest BCUT2D eigenvalue weighted by molar-refractivity contribution is -0.137. The Balaban J connectivity index is 4.13. The Morgan fingerprint density at radius 3 is 2.05 bits per heavy atom. The zero-order chi connectivity index (χ0) is 17.0. The monoisotopic (exact) mass is 308 g/mol. The van der Waals surface area contributed by atoms with E-state index in [0.29, 0.717) is 5.92 Å². The van der Waals surface area contributed by atoms with Crippen LogP contribution >= 0.6 is 0 Å². The molecule has 0 amide bonds. The van der Waals surface area contributed by atoms with Crippen LogP contribution in [0.5, 0.6) is 0 Å². The molecule has 1 N–H and O–H groups in total. The molecule has 0 rings (SSSR count). The Bertz CT molecular complexity index is 366. The van der Waals surface area contributed by atoms with Crippen LogP contribution in [-0.4, -0.2) is 11.1 Å². The van der Waals surface area contributed by atoms with E-state index in [4.69, 9.17) is 5.11 Å². The molecule has 0 bridgehead atoms. The predicted octanol–water partition coefficient (Wildman–Crippen LogP) is 6.38. The summed E-state index contributed by atoms with van der Waals surface area (Å²) in [6, 6.07) is 0. The fourth-order valence-corrected chi connectivity index (χ4v) is 3.02. The first-order chi connectivity index (χ1) is 10.3. The highest BCUT2D eigenvalue weighted by atomic mass is 16.4. The molecule has 0 heterocycles. The van der Waals surface area contributed by atoms with Crippen molar-refractivity contribution in [2.45, 2.75) is 86.0 Å². The number of allylic oxidation sites excluding steroid dienone is 4. The minimum atomic E-state index is -0.722. The maximum atomic E-state index is 10.7. The molecule has 0 spiro atoms. The van der Waals surface area contributed by atoms with Gasteiger partial charge in [-0.15, -0.1) is 0 Å². The Morgan fingerprint density at radius 1 is 0.955 bits per heavy atom. The summed E-state index contributed by atoms with van der Waals surface area (Å²) in [7, 11) is 0. The summed E-state index contributed by atoms with van der Waals surface area (Å²) in [6.45, 7) is 10.8. The van der Waals surface area contributed by atoms with Crippen molar-refractivity contribution in [2.24, 2.45) is 11.8 Å². The van der Waals surface area contributed by atoms with E-state index in [2.05, 4.69) is 39.8 Å². The minimum Gasteiger partial charge on any atom is -0.481 e. The van der Waals surface area contributed by atoms with Crippen LogP contribution in [0.1, 0.15) is 86.0 Å². The van der Waals surface area contributed by atoms with Crippen molar-refractivity contribution in [1.29, 1.82) is 0 Å². The molecule has 0 aliphatic rings. The molecular weight excluding hydrogens is 272 g/mol. The summed E-state index contributed by atoms with van der Waals surface area (Å²) >= 11 is 0. The van der Waals surface area contributed by atoms with Crippen molar-refractivity contribution in [3.8, 4) is 0 Å². The van der Waals surface area contributed by atoms with Crippen molar-refractivity contribution in [3.63, 3.8) is 0 Å². The van der Waals surface area contributed by atoms with Crippen molar-refractivity contribution < 1.29 is 9.90 Å². The zero-order valence-corrected chi connectivity index (χ0v) is 15.3. The van der Waals surface area contributed by atoms with Crippen molar-refractivity contribution in [2.75, 3.05) is 0 Å². The lowest BCUT2D eigenvalue weighted by atomic mass is 9.96. The largest absolute Gasteiger partial charge is 0.481 e. The van der Waals surface area contributed by atoms with Crippen LogP contribution < -0.4 is 0 Å². The molecule has 0 aromatic heterocycles. The fraction of sp³-hybridized carbons (Fsp3) is 0.750. The van der Waals surface area contributed by atoms with E-state index in [0.717, 1.165) is 6.42 Å². The topological polar surface area (TPSA) is 37.3 Å². The molecule has 0 aromatic rings. The van der Waals surface area contributed by atoms with E-state index >= 15 is 0 Å². The van der Waals surface area contributed by atoms with Crippen LogP contribution in [0, 0.1) is 11.8 Å². The van der Waals surface area contributed by atoms with Crippen LogP contribution in [-0.2, 0) is 4.79 Å². The van der Waals surface area contributed by atoms with Gasteiger partial charge in [0.2, 0.25) is 0 Å². The van der Waals surface area contributed by atoms with E-state index in [1.807, 2.05) is 6.92 Å². The normalized spacial score (nSPS) is 15.7. The van der Waals surface area contributed by atoms with Gasteiger partial charge in [0.15, 0.2) is 0 Å². The van der Waals surface area contributed by atoms with E-state index in [1.165, 1.54) is 49.7 Å². The second-order valence-electron chi connectivity index (χ2n) is 6.96. The van der Waals surface area contributed by atoms with Gasteiger partial charge >= 0.3 is 5.97 Å². The van der Waals surface area contributed by atoms with E-state index in [-0.39, 0.29) is 12.3 Å². The number of carbonyl (C=O) groups is 1. The second kappa shape index (κ2) is 12.5. The van der Waals surface area contributed by atoms with E-state index < -0.39 is 5.97 Å². The summed E-state index contributed by atoms with van der Waals surface area (Å²) in [5, 5.41) is 8.79. The first kappa shape index (κ1) is 20.9. The SMILES string of the molecule is CCCCCCC[C@@H](C)/C=C(/C)C/C(C)=C/[C@@H](C)CC(=O)O. The van der Waals surface area contributed by atoms with Gasteiger partial charge in [0, 0.05) is 0 Å². The highest BCUT2D eigenvalue weighted by Gasteiger charge is 2.06. The number of unbranched alkanes of at least 4 members (excludes halogenated alkanes) is 4. The molecule has 22 heavy (non-hydrogen) atoms. The van der Waals surface area contributed by atoms with Crippen molar-refractivity contribution >= 4 is 5.97 Å². The molecule has 128 valence electrons. The van der Waals surface area contributed by atoms with Gasteiger partial charge < -0.3 is 5.11 Å². The lowest BCUT2D eigenvalue weighted by Crippen LogP contribution is -2.02. The fourth-order valence-electron chi connectivity index (χ4n) is 3.02. The Hall–Kier alpha value is -1.05. The smallest absolute Gasteiger partial charge is 0.303 e. The highest BCUT2D eigenvalue weighted by Crippen LogP contribution is 2.19. The highest BCUT2D eigenvalue weighted by molar-refractivity contribution is 5.67. The number of hydrogen-bond donors (Lipinski definition) is 1. The molecule has 0 radical (unpaired) electrons. The molecule has 0 saturated carbocycles. The molecule has 0 unspecified atom stereocenters. The predicted molar refractivity (Wildman–Crippen MR) is 96.1 cm³/mol. The van der Waals surface area contributed by atoms with Gasteiger partial charge in [-0.05, 0) is 38.5 Å². The molecule has 0 aliphatic carbocycles. The maximum Gasteiger partial charge on any atom is 0.303 e. The quantitative estimate of drug-likeness (QED) is 0.335. The van der Waals surface area contributed by atoms with E-state index in [9.17, 15) is 4.79 Å². The zero-order valence-electron chi connectivity index (χ0n) is 15.3. The molecular formula is C20H36O2. The third-order valence-corrected chi connectivity index (χ3v) is 3.96. The first-order valence-corrected chi connectivity index (χ1v) is 8.91. The molecule has 0 aromatic carbocycles. The van der Waals surface area contributed by atoms with E-state index in [1.54, 1.807) is 0 Å². The second-order valence-corrected chi connectivity index (χ2v) is 6.96.